The van der Waals surface area contributed by atoms with E-state index in [1.807, 2.05) is 26.0 Å². The molecule has 2 aliphatic rings. The number of fused-ring (bicyclic) bond motifs is 2. The number of esters is 1. The molecule has 2 aliphatic heterocycles. The molecule has 1 aromatic heterocycles. The van der Waals surface area contributed by atoms with Crippen LogP contribution in [0, 0.1) is 5.92 Å². The maximum Gasteiger partial charge on any atom is 0.310 e. The molecule has 36 heavy (non-hydrogen) atoms. The molecule has 1 amide bonds. The van der Waals surface area contributed by atoms with Crippen molar-refractivity contribution in [3.05, 3.63) is 52.5 Å². The van der Waals surface area contributed by atoms with E-state index in [9.17, 15) is 9.59 Å². The van der Waals surface area contributed by atoms with E-state index in [0.29, 0.717) is 17.9 Å². The molecule has 1 saturated heterocycles. The summed E-state index contributed by atoms with van der Waals surface area (Å²) in [5, 5.41) is 1.88. The Kier molecular flexibility index (Phi) is 7.46. The summed E-state index contributed by atoms with van der Waals surface area (Å²) in [7, 11) is 0. The molecule has 0 N–H and O–H groups in total. The molecule has 0 aliphatic carbocycles. The zero-order valence-electron chi connectivity index (χ0n) is 20.7. The summed E-state index contributed by atoms with van der Waals surface area (Å²) in [6.45, 7) is 8.45. The molecule has 1 atom stereocenters. The number of amides is 1. The number of hydrogen-bond donors (Lipinski definition) is 0. The lowest BCUT2D eigenvalue weighted by molar-refractivity contribution is -0.148. The van der Waals surface area contributed by atoms with Crippen molar-refractivity contribution < 1.29 is 14.3 Å². The molecule has 5 rings (SSSR count). The van der Waals surface area contributed by atoms with Crippen molar-refractivity contribution in [2.24, 2.45) is 5.92 Å². The second kappa shape index (κ2) is 10.7. The first-order chi connectivity index (χ1) is 17.4. The third kappa shape index (κ3) is 5.08. The second-order valence-electron chi connectivity index (χ2n) is 9.55. The predicted octanol–water partition coefficient (Wildman–Crippen LogP) is 4.75. The van der Waals surface area contributed by atoms with Crippen molar-refractivity contribution in [3.63, 3.8) is 0 Å². The Labute approximate surface area is 220 Å². The fourth-order valence-electron chi connectivity index (χ4n) is 4.78. The van der Waals surface area contributed by atoms with E-state index in [-0.39, 0.29) is 24.5 Å². The second-order valence-corrected chi connectivity index (χ2v) is 10.8. The Hall–Kier alpha value is -2.68. The van der Waals surface area contributed by atoms with Gasteiger partial charge in [-0.2, -0.15) is 4.37 Å². The molecule has 0 spiro atoms. The lowest BCUT2D eigenvalue weighted by atomic mass is 10.1. The number of benzene rings is 2. The molecule has 1 fully saturated rings. The first-order valence-corrected chi connectivity index (χ1v) is 13.7. The molecular weight excluding hydrogens is 496 g/mol. The van der Waals surface area contributed by atoms with Crippen LogP contribution in [0.2, 0.25) is 5.02 Å². The van der Waals surface area contributed by atoms with Crippen LogP contribution in [0.5, 0.6) is 0 Å². The van der Waals surface area contributed by atoms with Gasteiger partial charge in [0.05, 0.1) is 22.7 Å². The monoisotopic (exact) mass is 526 g/mol. The van der Waals surface area contributed by atoms with Crippen molar-refractivity contribution >= 4 is 56.6 Å². The van der Waals surface area contributed by atoms with Crippen LogP contribution in [-0.4, -0.2) is 60.6 Å². The van der Waals surface area contributed by atoms with Crippen LogP contribution in [0.1, 0.15) is 31.4 Å². The smallest absolute Gasteiger partial charge is 0.310 e. The Morgan fingerprint density at radius 2 is 1.97 bits per heavy atom. The summed E-state index contributed by atoms with van der Waals surface area (Å²) in [6.07, 6.45) is 1.83. The van der Waals surface area contributed by atoms with Gasteiger partial charge in [0.25, 0.3) is 0 Å². The summed E-state index contributed by atoms with van der Waals surface area (Å²) in [5.74, 6) is 0.558. The van der Waals surface area contributed by atoms with Crippen LogP contribution < -0.4 is 9.80 Å². The topological polar surface area (TPSA) is 66.0 Å². The molecule has 3 heterocycles. The number of piperazine rings is 1. The quantitative estimate of drug-likeness (QED) is 0.395. The summed E-state index contributed by atoms with van der Waals surface area (Å²) in [6, 6.07) is 12.3. The van der Waals surface area contributed by atoms with Crippen molar-refractivity contribution in [2.75, 3.05) is 49.3 Å². The van der Waals surface area contributed by atoms with Crippen LogP contribution in [0.15, 0.2) is 36.4 Å². The van der Waals surface area contributed by atoms with Gasteiger partial charge in [0, 0.05) is 43.1 Å². The SMILES string of the molecule is CCC(C)C(=O)OCN1C(=O)Cc2cc(CCN3CCN(c4nsc5ccccc45)CC3)c(Cl)cc21. The normalized spacial score (nSPS) is 17.0. The van der Waals surface area contributed by atoms with Gasteiger partial charge in [0.1, 0.15) is 5.82 Å². The van der Waals surface area contributed by atoms with Crippen LogP contribution in [0.25, 0.3) is 10.1 Å². The van der Waals surface area contributed by atoms with E-state index in [4.69, 9.17) is 20.7 Å². The molecule has 0 saturated carbocycles. The van der Waals surface area contributed by atoms with Gasteiger partial charge in [-0.3, -0.25) is 19.4 Å². The summed E-state index contributed by atoms with van der Waals surface area (Å²) >= 11 is 8.20. The van der Waals surface area contributed by atoms with Gasteiger partial charge in [-0.15, -0.1) is 0 Å². The van der Waals surface area contributed by atoms with E-state index in [0.717, 1.165) is 61.8 Å². The first kappa shape index (κ1) is 25.0. The number of halogens is 1. The third-order valence-corrected chi connectivity index (χ3v) is 8.43. The standard InChI is InChI=1S/C27H31ClN4O3S/c1-3-18(2)27(34)35-17-32-23-16-22(28)19(14-20(23)15-25(32)33)8-9-30-10-12-31(13-11-30)26-21-6-4-5-7-24(21)36-29-26/h4-7,14,16,18H,3,8-13,15,17H2,1-2H3. The molecule has 9 heteroatoms. The van der Waals surface area contributed by atoms with E-state index in [1.165, 1.54) is 15.0 Å². The van der Waals surface area contributed by atoms with Crippen LogP contribution >= 0.6 is 23.1 Å². The number of carbonyl (C=O) groups is 2. The maximum atomic E-state index is 12.6. The molecule has 0 radical (unpaired) electrons. The summed E-state index contributed by atoms with van der Waals surface area (Å²) in [4.78, 5) is 31.0. The van der Waals surface area contributed by atoms with Gasteiger partial charge in [-0.1, -0.05) is 43.6 Å². The highest BCUT2D eigenvalue weighted by Crippen LogP contribution is 2.34. The fourth-order valence-corrected chi connectivity index (χ4v) is 5.83. The van der Waals surface area contributed by atoms with Crippen molar-refractivity contribution in [1.29, 1.82) is 0 Å². The Morgan fingerprint density at radius 3 is 2.75 bits per heavy atom. The third-order valence-electron chi connectivity index (χ3n) is 7.26. The van der Waals surface area contributed by atoms with Crippen molar-refractivity contribution in [3.8, 4) is 0 Å². The summed E-state index contributed by atoms with van der Waals surface area (Å²) < 4.78 is 11.3. The lowest BCUT2D eigenvalue weighted by Gasteiger charge is -2.35. The predicted molar refractivity (Wildman–Crippen MR) is 145 cm³/mol. The maximum absolute atomic E-state index is 12.6. The fraction of sp³-hybridized carbons (Fsp3) is 0.444. The van der Waals surface area contributed by atoms with Gasteiger partial charge in [-0.25, -0.2) is 0 Å². The molecule has 190 valence electrons. The zero-order chi connectivity index (χ0) is 25.2. The molecule has 3 aromatic rings. The highest BCUT2D eigenvalue weighted by atomic mass is 35.5. The van der Waals surface area contributed by atoms with E-state index in [1.54, 1.807) is 11.5 Å². The number of hydrogen-bond acceptors (Lipinski definition) is 7. The molecule has 2 aromatic carbocycles. The minimum atomic E-state index is -0.287. The van der Waals surface area contributed by atoms with Crippen LogP contribution in [-0.2, 0) is 27.2 Å². The minimum Gasteiger partial charge on any atom is -0.444 e. The molecular formula is C27H31ClN4O3S. The number of rotatable bonds is 8. The van der Waals surface area contributed by atoms with Gasteiger partial charge < -0.3 is 9.64 Å². The Morgan fingerprint density at radius 1 is 1.19 bits per heavy atom. The van der Waals surface area contributed by atoms with Gasteiger partial charge in [-0.05, 0) is 53.7 Å². The van der Waals surface area contributed by atoms with Crippen LogP contribution in [0.4, 0.5) is 11.5 Å². The number of anilines is 2. The molecule has 1 unspecified atom stereocenters. The van der Waals surface area contributed by atoms with E-state index in [2.05, 4.69) is 34.1 Å². The van der Waals surface area contributed by atoms with Gasteiger partial charge in [0.2, 0.25) is 5.91 Å². The van der Waals surface area contributed by atoms with Crippen LogP contribution in [0.3, 0.4) is 0 Å². The average molecular weight is 527 g/mol. The zero-order valence-corrected chi connectivity index (χ0v) is 22.3. The van der Waals surface area contributed by atoms with Gasteiger partial charge >= 0.3 is 5.97 Å². The minimum absolute atomic E-state index is 0.0662. The molecule has 0 bridgehead atoms. The number of carbonyl (C=O) groups excluding carboxylic acids is 2. The lowest BCUT2D eigenvalue weighted by Crippen LogP contribution is -2.47. The first-order valence-electron chi connectivity index (χ1n) is 12.5. The molecule has 7 nitrogen and oxygen atoms in total. The van der Waals surface area contributed by atoms with Crippen molar-refractivity contribution in [1.82, 2.24) is 9.27 Å². The highest BCUT2D eigenvalue weighted by molar-refractivity contribution is 7.13. The highest BCUT2D eigenvalue weighted by Gasteiger charge is 2.30. The van der Waals surface area contributed by atoms with Gasteiger partial charge in [0.15, 0.2) is 6.73 Å². The average Bonchev–Trinajstić information content (AvgIpc) is 3.46. The largest absolute Gasteiger partial charge is 0.444 e. The number of ether oxygens (including phenoxy) is 1. The number of nitrogens with zero attached hydrogens (tertiary/aromatic N) is 4. The van der Waals surface area contributed by atoms with E-state index >= 15 is 0 Å². The summed E-state index contributed by atoms with van der Waals surface area (Å²) in [5.41, 5.74) is 2.74. The van der Waals surface area contributed by atoms with Crippen molar-refractivity contribution in [2.45, 2.75) is 33.1 Å². The Bertz CT molecular complexity index is 1270. The number of aromatic nitrogens is 1. The Balaban J connectivity index is 1.17. The van der Waals surface area contributed by atoms with E-state index < -0.39 is 0 Å².